The first-order chi connectivity index (χ1) is 8.08. The number of thioether (sulfide) groups is 1. The number of aliphatic carboxylic acids is 1. The molecule has 0 bridgehead atoms. The largest absolute Gasteiger partial charge is 0.481 e. The topological polar surface area (TPSA) is 78.4 Å². The molecule has 0 saturated carbocycles. The van der Waals surface area contributed by atoms with Crippen LogP contribution in [0.3, 0.4) is 0 Å². The Morgan fingerprint density at radius 1 is 1.41 bits per heavy atom. The molecule has 5 nitrogen and oxygen atoms in total. The number of amides is 2. The minimum absolute atomic E-state index is 0.0415. The SMILES string of the molecule is CC(CNC(=O)NC1CCSCC1)CC(=O)O. The van der Waals surface area contributed by atoms with E-state index in [0.717, 1.165) is 24.3 Å². The van der Waals surface area contributed by atoms with Gasteiger partial charge in [-0.25, -0.2) is 4.79 Å². The summed E-state index contributed by atoms with van der Waals surface area (Å²) in [7, 11) is 0. The lowest BCUT2D eigenvalue weighted by Crippen LogP contribution is -2.44. The van der Waals surface area contributed by atoms with E-state index in [4.69, 9.17) is 5.11 Å². The summed E-state index contributed by atoms with van der Waals surface area (Å²) in [4.78, 5) is 22.0. The molecular formula is C11H20N2O3S. The molecule has 0 spiro atoms. The first kappa shape index (κ1) is 14.2. The Morgan fingerprint density at radius 3 is 2.65 bits per heavy atom. The van der Waals surface area contributed by atoms with Crippen molar-refractivity contribution >= 4 is 23.8 Å². The van der Waals surface area contributed by atoms with Gasteiger partial charge in [-0.1, -0.05) is 6.92 Å². The number of carbonyl (C=O) groups excluding carboxylic acids is 1. The highest BCUT2D eigenvalue weighted by atomic mass is 32.2. The minimum atomic E-state index is -0.830. The summed E-state index contributed by atoms with van der Waals surface area (Å²) in [5.74, 6) is 1.32. The highest BCUT2D eigenvalue weighted by molar-refractivity contribution is 7.99. The van der Waals surface area contributed by atoms with E-state index in [9.17, 15) is 9.59 Å². The van der Waals surface area contributed by atoms with Gasteiger partial charge in [0.15, 0.2) is 0 Å². The van der Waals surface area contributed by atoms with Crippen LogP contribution in [0, 0.1) is 5.92 Å². The van der Waals surface area contributed by atoms with Crippen LogP contribution in [0.1, 0.15) is 26.2 Å². The predicted molar refractivity (Wildman–Crippen MR) is 68.3 cm³/mol. The summed E-state index contributed by atoms with van der Waals surface area (Å²) in [6.45, 7) is 2.21. The van der Waals surface area contributed by atoms with Crippen LogP contribution in [-0.4, -0.2) is 41.2 Å². The van der Waals surface area contributed by atoms with E-state index in [2.05, 4.69) is 10.6 Å². The molecule has 0 aromatic heterocycles. The number of hydrogen-bond acceptors (Lipinski definition) is 3. The second kappa shape index (κ2) is 7.42. The average molecular weight is 260 g/mol. The number of nitrogens with one attached hydrogen (secondary N) is 2. The van der Waals surface area contributed by atoms with Gasteiger partial charge in [0.25, 0.3) is 0 Å². The summed E-state index contributed by atoms with van der Waals surface area (Å²) in [6, 6.07) is 0.0881. The van der Waals surface area contributed by atoms with Gasteiger partial charge in [0.1, 0.15) is 0 Å². The number of hydrogen-bond donors (Lipinski definition) is 3. The quantitative estimate of drug-likeness (QED) is 0.696. The number of carboxylic acids is 1. The van der Waals surface area contributed by atoms with E-state index in [-0.39, 0.29) is 24.4 Å². The maximum Gasteiger partial charge on any atom is 0.315 e. The molecule has 1 aliphatic heterocycles. The van der Waals surface area contributed by atoms with E-state index in [1.54, 1.807) is 0 Å². The Bertz CT molecular complexity index is 267. The van der Waals surface area contributed by atoms with Crippen molar-refractivity contribution in [2.45, 2.75) is 32.2 Å². The van der Waals surface area contributed by atoms with Crippen molar-refractivity contribution in [1.29, 1.82) is 0 Å². The fraction of sp³-hybridized carbons (Fsp3) is 0.818. The monoisotopic (exact) mass is 260 g/mol. The maximum absolute atomic E-state index is 11.5. The Kier molecular flexibility index (Phi) is 6.18. The average Bonchev–Trinajstić information content (AvgIpc) is 2.27. The van der Waals surface area contributed by atoms with E-state index < -0.39 is 5.97 Å². The standard InChI is InChI=1S/C11H20N2O3S/c1-8(6-10(14)15)7-12-11(16)13-9-2-4-17-5-3-9/h8-9H,2-7H2,1H3,(H,14,15)(H2,12,13,16). The van der Waals surface area contributed by atoms with Gasteiger partial charge in [-0.05, 0) is 30.3 Å². The Labute approximate surface area is 106 Å². The Balaban J connectivity index is 2.13. The third kappa shape index (κ3) is 6.41. The summed E-state index contributed by atoms with van der Waals surface area (Å²) in [5, 5.41) is 14.2. The van der Waals surface area contributed by atoms with Crippen molar-refractivity contribution in [2.24, 2.45) is 5.92 Å². The van der Waals surface area contributed by atoms with Gasteiger partial charge >= 0.3 is 12.0 Å². The zero-order chi connectivity index (χ0) is 12.7. The first-order valence-corrected chi connectivity index (χ1v) is 7.07. The Morgan fingerprint density at radius 2 is 2.06 bits per heavy atom. The van der Waals surface area contributed by atoms with Crippen molar-refractivity contribution in [1.82, 2.24) is 10.6 Å². The molecule has 1 aliphatic rings. The third-order valence-corrected chi connectivity index (χ3v) is 3.74. The lowest BCUT2D eigenvalue weighted by molar-refractivity contribution is -0.137. The number of carboxylic acid groups (broad SMARTS) is 1. The molecule has 1 rings (SSSR count). The maximum atomic E-state index is 11.5. The molecule has 1 saturated heterocycles. The van der Waals surface area contributed by atoms with E-state index in [1.165, 1.54) is 0 Å². The first-order valence-electron chi connectivity index (χ1n) is 5.92. The number of urea groups is 1. The second-order valence-corrected chi connectivity index (χ2v) is 5.67. The molecule has 1 fully saturated rings. The molecule has 17 heavy (non-hydrogen) atoms. The summed E-state index contributed by atoms with van der Waals surface area (Å²) < 4.78 is 0. The van der Waals surface area contributed by atoms with Crippen LogP contribution in [0.5, 0.6) is 0 Å². The van der Waals surface area contributed by atoms with Gasteiger partial charge in [-0.15, -0.1) is 0 Å². The minimum Gasteiger partial charge on any atom is -0.481 e. The Hall–Kier alpha value is -0.910. The molecule has 0 radical (unpaired) electrons. The number of carbonyl (C=O) groups is 2. The zero-order valence-electron chi connectivity index (χ0n) is 10.1. The highest BCUT2D eigenvalue weighted by Gasteiger charge is 2.16. The lowest BCUT2D eigenvalue weighted by atomic mass is 10.1. The van der Waals surface area contributed by atoms with Gasteiger partial charge in [-0.2, -0.15) is 11.8 Å². The molecule has 6 heteroatoms. The van der Waals surface area contributed by atoms with Crippen molar-refractivity contribution < 1.29 is 14.7 Å². The molecule has 2 amide bonds. The highest BCUT2D eigenvalue weighted by Crippen LogP contribution is 2.16. The fourth-order valence-electron chi connectivity index (χ4n) is 1.72. The normalized spacial score (nSPS) is 18.4. The van der Waals surface area contributed by atoms with Crippen LogP contribution >= 0.6 is 11.8 Å². The molecule has 0 aromatic rings. The molecule has 0 aromatic carbocycles. The molecule has 1 atom stereocenters. The zero-order valence-corrected chi connectivity index (χ0v) is 10.9. The smallest absolute Gasteiger partial charge is 0.315 e. The molecule has 1 heterocycles. The van der Waals surface area contributed by atoms with Crippen LogP contribution < -0.4 is 10.6 Å². The fourth-order valence-corrected chi connectivity index (χ4v) is 2.82. The van der Waals surface area contributed by atoms with Crippen molar-refractivity contribution in [3.63, 3.8) is 0 Å². The van der Waals surface area contributed by atoms with Crippen LogP contribution in [0.4, 0.5) is 4.79 Å². The van der Waals surface area contributed by atoms with E-state index >= 15 is 0 Å². The van der Waals surface area contributed by atoms with Gasteiger partial charge in [0.2, 0.25) is 0 Å². The molecule has 98 valence electrons. The van der Waals surface area contributed by atoms with Crippen LogP contribution in [0.25, 0.3) is 0 Å². The van der Waals surface area contributed by atoms with E-state index in [1.807, 2.05) is 18.7 Å². The van der Waals surface area contributed by atoms with Gasteiger partial charge in [-0.3, -0.25) is 4.79 Å². The third-order valence-electron chi connectivity index (χ3n) is 2.69. The summed E-state index contributed by atoms with van der Waals surface area (Å²) in [5.41, 5.74) is 0. The van der Waals surface area contributed by atoms with E-state index in [0.29, 0.717) is 6.54 Å². The van der Waals surface area contributed by atoms with Gasteiger partial charge < -0.3 is 15.7 Å². The second-order valence-electron chi connectivity index (χ2n) is 4.44. The summed E-state index contributed by atoms with van der Waals surface area (Å²) >= 11 is 1.91. The predicted octanol–water partition coefficient (Wildman–Crippen LogP) is 1.29. The number of rotatable bonds is 5. The van der Waals surface area contributed by atoms with Crippen molar-refractivity contribution in [3.05, 3.63) is 0 Å². The van der Waals surface area contributed by atoms with Gasteiger partial charge in [0.05, 0.1) is 0 Å². The lowest BCUT2D eigenvalue weighted by Gasteiger charge is -2.23. The van der Waals surface area contributed by atoms with Crippen LogP contribution in [0.2, 0.25) is 0 Å². The summed E-state index contributed by atoms with van der Waals surface area (Å²) in [6.07, 6.45) is 2.12. The van der Waals surface area contributed by atoms with Crippen molar-refractivity contribution in [2.75, 3.05) is 18.1 Å². The molecule has 0 aliphatic carbocycles. The van der Waals surface area contributed by atoms with Crippen LogP contribution in [-0.2, 0) is 4.79 Å². The molecular weight excluding hydrogens is 240 g/mol. The molecule has 1 unspecified atom stereocenters. The molecule has 3 N–H and O–H groups in total. The van der Waals surface area contributed by atoms with Crippen molar-refractivity contribution in [3.8, 4) is 0 Å². The van der Waals surface area contributed by atoms with Crippen LogP contribution in [0.15, 0.2) is 0 Å². The van der Waals surface area contributed by atoms with Gasteiger partial charge in [0, 0.05) is 19.0 Å².